The van der Waals surface area contributed by atoms with Gasteiger partial charge in [-0.1, -0.05) is 6.07 Å². The first-order valence-electron chi connectivity index (χ1n) is 7.18. The molecule has 0 fully saturated rings. The van der Waals surface area contributed by atoms with Crippen LogP contribution in [0.5, 0.6) is 5.75 Å². The van der Waals surface area contributed by atoms with Gasteiger partial charge in [-0.05, 0) is 31.2 Å². The Labute approximate surface area is 127 Å². The molecule has 3 aromatic rings. The van der Waals surface area contributed by atoms with E-state index in [2.05, 4.69) is 20.5 Å². The molecule has 110 valence electrons. The van der Waals surface area contributed by atoms with Gasteiger partial charge in [0.05, 0.1) is 11.4 Å². The maximum atomic E-state index is 9.71. The lowest BCUT2D eigenvalue weighted by atomic mass is 10.2. The molecule has 22 heavy (non-hydrogen) atoms. The van der Waals surface area contributed by atoms with Crippen molar-refractivity contribution in [2.24, 2.45) is 0 Å². The molecule has 0 saturated heterocycles. The molecule has 0 unspecified atom stereocenters. The van der Waals surface area contributed by atoms with Crippen LogP contribution in [-0.2, 0) is 6.42 Å². The second kappa shape index (κ2) is 4.84. The summed E-state index contributed by atoms with van der Waals surface area (Å²) >= 11 is 0. The molecule has 1 aliphatic heterocycles. The molecule has 2 aromatic heterocycles. The van der Waals surface area contributed by atoms with Crippen LogP contribution >= 0.6 is 0 Å². The highest BCUT2D eigenvalue weighted by Gasteiger charge is 2.21. The second-order valence-electron chi connectivity index (χ2n) is 5.32. The van der Waals surface area contributed by atoms with Gasteiger partial charge in [0.15, 0.2) is 5.82 Å². The van der Waals surface area contributed by atoms with Crippen molar-refractivity contribution in [3.05, 3.63) is 47.9 Å². The van der Waals surface area contributed by atoms with Crippen molar-refractivity contribution in [2.75, 3.05) is 11.9 Å². The zero-order chi connectivity index (χ0) is 15.1. The van der Waals surface area contributed by atoms with Crippen molar-refractivity contribution in [3.63, 3.8) is 0 Å². The lowest BCUT2D eigenvalue weighted by molar-refractivity contribution is 0.475. The Balaban J connectivity index is 1.96. The Morgan fingerprint density at radius 2 is 2.09 bits per heavy atom. The van der Waals surface area contributed by atoms with E-state index in [1.807, 2.05) is 35.8 Å². The molecule has 4 rings (SSSR count). The summed E-state index contributed by atoms with van der Waals surface area (Å²) in [6, 6.07) is 11.1. The molecule has 0 amide bonds. The molecule has 0 bridgehead atoms. The Hall–Kier alpha value is -2.89. The Kier molecular flexibility index (Phi) is 2.82. The van der Waals surface area contributed by atoms with Gasteiger partial charge in [-0.25, -0.2) is 4.98 Å². The number of hydrogen-bond donors (Lipinski definition) is 2. The van der Waals surface area contributed by atoms with Crippen molar-refractivity contribution in [2.45, 2.75) is 13.3 Å². The van der Waals surface area contributed by atoms with E-state index >= 15 is 0 Å². The van der Waals surface area contributed by atoms with E-state index in [4.69, 9.17) is 0 Å². The fourth-order valence-corrected chi connectivity index (χ4v) is 2.73. The SMILES string of the molecule is Cc1cccc(-c2nnc3n2-c2ccc(O)cc2NCC3)n1. The van der Waals surface area contributed by atoms with Crippen molar-refractivity contribution in [1.29, 1.82) is 0 Å². The lowest BCUT2D eigenvalue weighted by Crippen LogP contribution is -2.03. The summed E-state index contributed by atoms with van der Waals surface area (Å²) in [5.74, 6) is 1.84. The molecule has 0 aliphatic carbocycles. The van der Waals surface area contributed by atoms with Crippen LogP contribution in [0, 0.1) is 6.92 Å². The van der Waals surface area contributed by atoms with E-state index in [-0.39, 0.29) is 5.75 Å². The van der Waals surface area contributed by atoms with Crippen LogP contribution in [-0.4, -0.2) is 31.4 Å². The predicted molar refractivity (Wildman–Crippen MR) is 83.2 cm³/mol. The molecule has 6 heteroatoms. The average Bonchev–Trinajstić information content (AvgIpc) is 2.83. The maximum Gasteiger partial charge on any atom is 0.187 e. The monoisotopic (exact) mass is 293 g/mol. The van der Waals surface area contributed by atoms with Gasteiger partial charge in [0, 0.05) is 24.7 Å². The minimum absolute atomic E-state index is 0.234. The topological polar surface area (TPSA) is 75.9 Å². The molecule has 0 saturated carbocycles. The Morgan fingerprint density at radius 3 is 2.95 bits per heavy atom. The average molecular weight is 293 g/mol. The van der Waals surface area contributed by atoms with Crippen LogP contribution in [0.4, 0.5) is 5.69 Å². The third-order valence-corrected chi connectivity index (χ3v) is 3.73. The number of phenols is 1. The highest BCUT2D eigenvalue weighted by atomic mass is 16.3. The number of hydrogen-bond acceptors (Lipinski definition) is 5. The fourth-order valence-electron chi connectivity index (χ4n) is 2.73. The number of phenolic OH excluding ortho intramolecular Hbond substituents is 1. The molecule has 0 radical (unpaired) electrons. The quantitative estimate of drug-likeness (QED) is 0.720. The molecular formula is C16H15N5O. The standard InChI is InChI=1S/C16H15N5O/c1-10-3-2-4-12(18-10)16-20-19-15-7-8-17-13-9-11(22)5-6-14(13)21(15)16/h2-6,9,17,22H,7-8H2,1H3. The number of aryl methyl sites for hydroxylation is 1. The first-order chi connectivity index (χ1) is 10.7. The van der Waals surface area contributed by atoms with Crippen LogP contribution in [0.3, 0.4) is 0 Å². The van der Waals surface area contributed by atoms with Crippen LogP contribution in [0.1, 0.15) is 11.5 Å². The number of nitrogens with zero attached hydrogens (tertiary/aromatic N) is 4. The van der Waals surface area contributed by atoms with Crippen molar-refractivity contribution < 1.29 is 5.11 Å². The van der Waals surface area contributed by atoms with Gasteiger partial charge in [-0.15, -0.1) is 10.2 Å². The molecule has 3 heterocycles. The zero-order valence-corrected chi connectivity index (χ0v) is 12.1. The van der Waals surface area contributed by atoms with Crippen LogP contribution < -0.4 is 5.32 Å². The molecule has 1 aromatic carbocycles. The number of anilines is 1. The van der Waals surface area contributed by atoms with E-state index in [0.29, 0.717) is 5.82 Å². The normalized spacial score (nSPS) is 13.0. The molecule has 0 atom stereocenters. The van der Waals surface area contributed by atoms with E-state index in [0.717, 1.165) is 41.6 Å². The lowest BCUT2D eigenvalue weighted by Gasteiger charge is -2.12. The zero-order valence-electron chi connectivity index (χ0n) is 12.1. The maximum absolute atomic E-state index is 9.71. The van der Waals surface area contributed by atoms with Crippen molar-refractivity contribution >= 4 is 5.69 Å². The van der Waals surface area contributed by atoms with Crippen LogP contribution in [0.15, 0.2) is 36.4 Å². The van der Waals surface area contributed by atoms with Gasteiger partial charge in [0.2, 0.25) is 0 Å². The molecule has 0 spiro atoms. The Bertz CT molecular complexity index is 855. The summed E-state index contributed by atoms with van der Waals surface area (Å²) in [4.78, 5) is 4.55. The van der Waals surface area contributed by atoms with Gasteiger partial charge in [-0.3, -0.25) is 4.57 Å². The minimum Gasteiger partial charge on any atom is -0.508 e. The number of nitrogens with one attached hydrogen (secondary N) is 1. The molecule has 6 nitrogen and oxygen atoms in total. The first kappa shape index (κ1) is 12.8. The second-order valence-corrected chi connectivity index (χ2v) is 5.32. The van der Waals surface area contributed by atoms with Crippen molar-refractivity contribution in [1.82, 2.24) is 19.7 Å². The fraction of sp³-hybridized carbons (Fsp3) is 0.188. The number of benzene rings is 1. The number of fused-ring (bicyclic) bond motifs is 3. The van der Waals surface area contributed by atoms with Gasteiger partial charge in [0.25, 0.3) is 0 Å². The van der Waals surface area contributed by atoms with Gasteiger partial charge in [0.1, 0.15) is 17.3 Å². The van der Waals surface area contributed by atoms with Crippen LogP contribution in [0.25, 0.3) is 17.2 Å². The third kappa shape index (κ3) is 2.00. The Morgan fingerprint density at radius 1 is 1.18 bits per heavy atom. The summed E-state index contributed by atoms with van der Waals surface area (Å²) in [5.41, 5.74) is 3.52. The molecular weight excluding hydrogens is 278 g/mol. The minimum atomic E-state index is 0.234. The number of aromatic nitrogens is 4. The molecule has 1 aliphatic rings. The van der Waals surface area contributed by atoms with Gasteiger partial charge < -0.3 is 10.4 Å². The summed E-state index contributed by atoms with van der Waals surface area (Å²) in [5, 5.41) is 21.7. The number of rotatable bonds is 1. The third-order valence-electron chi connectivity index (χ3n) is 3.73. The number of aromatic hydroxyl groups is 1. The number of pyridine rings is 1. The summed E-state index contributed by atoms with van der Waals surface area (Å²) in [7, 11) is 0. The highest BCUT2D eigenvalue weighted by Crippen LogP contribution is 2.31. The summed E-state index contributed by atoms with van der Waals surface area (Å²) in [6.45, 7) is 2.70. The highest BCUT2D eigenvalue weighted by molar-refractivity contribution is 5.68. The van der Waals surface area contributed by atoms with E-state index in [1.54, 1.807) is 12.1 Å². The van der Waals surface area contributed by atoms with Crippen LogP contribution in [0.2, 0.25) is 0 Å². The molecule has 2 N–H and O–H groups in total. The predicted octanol–water partition coefficient (Wildman–Crippen LogP) is 2.31. The van der Waals surface area contributed by atoms with Gasteiger partial charge in [-0.2, -0.15) is 0 Å². The summed E-state index contributed by atoms with van der Waals surface area (Å²) < 4.78 is 2.01. The van der Waals surface area contributed by atoms with E-state index < -0.39 is 0 Å². The smallest absolute Gasteiger partial charge is 0.187 e. The van der Waals surface area contributed by atoms with Crippen molar-refractivity contribution in [3.8, 4) is 23.0 Å². The van der Waals surface area contributed by atoms with E-state index in [9.17, 15) is 5.11 Å². The van der Waals surface area contributed by atoms with E-state index in [1.165, 1.54) is 0 Å². The first-order valence-corrected chi connectivity index (χ1v) is 7.18. The van der Waals surface area contributed by atoms with Gasteiger partial charge >= 0.3 is 0 Å². The summed E-state index contributed by atoms with van der Waals surface area (Å²) in [6.07, 6.45) is 0.758. The largest absolute Gasteiger partial charge is 0.508 e.